The van der Waals surface area contributed by atoms with E-state index in [1.54, 1.807) is 0 Å². The van der Waals surface area contributed by atoms with Gasteiger partial charge in [0.05, 0.1) is 0 Å². The highest BCUT2D eigenvalue weighted by atomic mass is 32.2. The number of rotatable bonds is 0. The third-order valence-electron chi connectivity index (χ3n) is 3.25. The van der Waals surface area contributed by atoms with Gasteiger partial charge in [0.25, 0.3) is 0 Å². The van der Waals surface area contributed by atoms with Crippen LogP contribution in [0.2, 0.25) is 0 Å². The summed E-state index contributed by atoms with van der Waals surface area (Å²) in [4.78, 5) is 4.19. The Morgan fingerprint density at radius 1 is 1.31 bits per heavy atom. The Bertz CT molecular complexity index is 195. The van der Waals surface area contributed by atoms with Crippen molar-refractivity contribution in [2.45, 2.75) is 32.1 Å². The van der Waals surface area contributed by atoms with Crippen LogP contribution in [0.5, 0.6) is 0 Å². The Kier molecular flexibility index (Phi) is 2.82. The smallest absolute Gasteiger partial charge is 0.156 e. The fourth-order valence-corrected chi connectivity index (χ4v) is 3.49. The van der Waals surface area contributed by atoms with Crippen molar-refractivity contribution in [3.63, 3.8) is 0 Å². The number of thioether (sulfide) groups is 1. The summed E-state index contributed by atoms with van der Waals surface area (Å²) in [6.45, 7) is 1.16. The van der Waals surface area contributed by atoms with E-state index in [4.69, 9.17) is 0 Å². The summed E-state index contributed by atoms with van der Waals surface area (Å²) in [7, 11) is 1.87. The van der Waals surface area contributed by atoms with E-state index < -0.39 is 0 Å². The molecule has 0 amide bonds. The predicted octanol–water partition coefficient (Wildman–Crippen LogP) is 2.26. The van der Waals surface area contributed by atoms with Crippen molar-refractivity contribution in [2.75, 3.05) is 19.3 Å². The minimum Gasteiger partial charge on any atom is -0.364 e. The van der Waals surface area contributed by atoms with Gasteiger partial charge in [-0.05, 0) is 18.3 Å². The molecule has 1 N–H and O–H groups in total. The molecular weight excluding hydrogens is 180 g/mol. The van der Waals surface area contributed by atoms with Gasteiger partial charge in [0.15, 0.2) is 5.17 Å². The normalized spacial score (nSPS) is 30.4. The molecule has 1 saturated carbocycles. The predicted molar refractivity (Wildman–Crippen MR) is 59.3 cm³/mol. The molecule has 1 spiro atoms. The van der Waals surface area contributed by atoms with Gasteiger partial charge in [-0.3, -0.25) is 4.99 Å². The molecule has 2 nitrogen and oxygen atoms in total. The van der Waals surface area contributed by atoms with Crippen molar-refractivity contribution in [3.8, 4) is 0 Å². The van der Waals surface area contributed by atoms with E-state index in [-0.39, 0.29) is 0 Å². The fourth-order valence-electron chi connectivity index (χ4n) is 2.35. The lowest BCUT2D eigenvalue weighted by Gasteiger charge is -2.40. The maximum atomic E-state index is 4.19. The van der Waals surface area contributed by atoms with Crippen LogP contribution in [0.1, 0.15) is 32.1 Å². The first-order chi connectivity index (χ1) is 6.35. The van der Waals surface area contributed by atoms with Crippen LogP contribution in [-0.2, 0) is 0 Å². The largest absolute Gasteiger partial charge is 0.364 e. The van der Waals surface area contributed by atoms with Gasteiger partial charge in [0.2, 0.25) is 0 Å². The maximum absolute atomic E-state index is 4.19. The standard InChI is InChI=1S/C10H18N2S/c1-11-9-12-7-10(8-13-9)5-3-2-4-6-10/h2-8H2,1H3,(H,11,12). The van der Waals surface area contributed by atoms with E-state index in [2.05, 4.69) is 10.3 Å². The summed E-state index contributed by atoms with van der Waals surface area (Å²) in [6.07, 6.45) is 7.15. The summed E-state index contributed by atoms with van der Waals surface area (Å²) >= 11 is 1.91. The monoisotopic (exact) mass is 198 g/mol. The highest BCUT2D eigenvalue weighted by Crippen LogP contribution is 2.40. The molecule has 0 unspecified atom stereocenters. The second kappa shape index (κ2) is 3.91. The van der Waals surface area contributed by atoms with Crippen molar-refractivity contribution >= 4 is 16.9 Å². The number of aliphatic imine (C=N–C) groups is 1. The molecule has 0 aromatic carbocycles. The van der Waals surface area contributed by atoms with Crippen molar-refractivity contribution < 1.29 is 0 Å². The van der Waals surface area contributed by atoms with Gasteiger partial charge in [-0.1, -0.05) is 31.0 Å². The quantitative estimate of drug-likeness (QED) is 0.645. The van der Waals surface area contributed by atoms with Crippen LogP contribution in [0, 0.1) is 5.41 Å². The van der Waals surface area contributed by atoms with Crippen molar-refractivity contribution in [1.82, 2.24) is 5.32 Å². The van der Waals surface area contributed by atoms with Crippen LogP contribution < -0.4 is 5.32 Å². The molecule has 74 valence electrons. The van der Waals surface area contributed by atoms with Crippen molar-refractivity contribution in [1.29, 1.82) is 0 Å². The Morgan fingerprint density at radius 3 is 2.62 bits per heavy atom. The first kappa shape index (κ1) is 9.38. The lowest BCUT2D eigenvalue weighted by atomic mass is 9.75. The molecule has 0 aromatic heterocycles. The van der Waals surface area contributed by atoms with Crippen LogP contribution >= 0.6 is 11.8 Å². The topological polar surface area (TPSA) is 24.4 Å². The number of hydrogen-bond acceptors (Lipinski definition) is 2. The van der Waals surface area contributed by atoms with Crippen LogP contribution in [0.25, 0.3) is 0 Å². The molecule has 1 heterocycles. The van der Waals surface area contributed by atoms with Gasteiger partial charge < -0.3 is 5.32 Å². The molecule has 0 atom stereocenters. The fraction of sp³-hybridized carbons (Fsp3) is 0.900. The summed E-state index contributed by atoms with van der Waals surface area (Å²) < 4.78 is 0. The van der Waals surface area contributed by atoms with E-state index >= 15 is 0 Å². The zero-order valence-electron chi connectivity index (χ0n) is 8.31. The molecule has 0 aromatic rings. The Labute approximate surface area is 84.6 Å². The van der Waals surface area contributed by atoms with E-state index in [0.29, 0.717) is 5.41 Å². The average Bonchev–Trinajstić information content (AvgIpc) is 2.20. The van der Waals surface area contributed by atoms with Crippen LogP contribution in [-0.4, -0.2) is 24.5 Å². The summed E-state index contributed by atoms with van der Waals surface area (Å²) in [5.74, 6) is 1.28. The zero-order valence-corrected chi connectivity index (χ0v) is 9.12. The highest BCUT2D eigenvalue weighted by Gasteiger charge is 2.35. The lowest BCUT2D eigenvalue weighted by Crippen LogP contribution is -2.44. The summed E-state index contributed by atoms with van der Waals surface area (Å²) in [6, 6.07) is 0. The maximum Gasteiger partial charge on any atom is 0.156 e. The van der Waals surface area contributed by atoms with Gasteiger partial charge in [0, 0.05) is 19.3 Å². The minimum absolute atomic E-state index is 0.608. The van der Waals surface area contributed by atoms with Crippen LogP contribution in [0.4, 0.5) is 0 Å². The molecule has 1 aliphatic carbocycles. The molecule has 1 saturated heterocycles. The zero-order chi connectivity index (χ0) is 9.15. The van der Waals surface area contributed by atoms with Gasteiger partial charge in [-0.25, -0.2) is 0 Å². The molecule has 1 aliphatic heterocycles. The highest BCUT2D eigenvalue weighted by molar-refractivity contribution is 8.13. The second-order valence-electron chi connectivity index (χ2n) is 4.23. The Morgan fingerprint density at radius 2 is 2.08 bits per heavy atom. The van der Waals surface area contributed by atoms with Gasteiger partial charge in [-0.2, -0.15) is 0 Å². The second-order valence-corrected chi connectivity index (χ2v) is 5.20. The van der Waals surface area contributed by atoms with Gasteiger partial charge in [0.1, 0.15) is 0 Å². The molecule has 2 aliphatic rings. The molecule has 2 rings (SSSR count). The van der Waals surface area contributed by atoms with Crippen molar-refractivity contribution in [2.24, 2.45) is 10.4 Å². The molecule has 0 bridgehead atoms. The minimum atomic E-state index is 0.608. The third kappa shape index (κ3) is 2.01. The average molecular weight is 198 g/mol. The number of nitrogens with one attached hydrogen (secondary N) is 1. The van der Waals surface area contributed by atoms with Crippen molar-refractivity contribution in [3.05, 3.63) is 0 Å². The lowest BCUT2D eigenvalue weighted by molar-refractivity contribution is 0.222. The van der Waals surface area contributed by atoms with E-state index in [9.17, 15) is 0 Å². The molecule has 2 fully saturated rings. The number of nitrogens with zero attached hydrogens (tertiary/aromatic N) is 1. The molecule has 3 heteroatoms. The number of hydrogen-bond donors (Lipinski definition) is 1. The molecule has 13 heavy (non-hydrogen) atoms. The first-order valence-corrected chi connectivity index (χ1v) is 6.17. The summed E-state index contributed by atoms with van der Waals surface area (Å²) in [5, 5.41) is 4.58. The van der Waals surface area contributed by atoms with Crippen LogP contribution in [0.15, 0.2) is 4.99 Å². The third-order valence-corrected chi connectivity index (χ3v) is 4.60. The van der Waals surface area contributed by atoms with Gasteiger partial charge >= 0.3 is 0 Å². The van der Waals surface area contributed by atoms with E-state index in [1.165, 1.54) is 37.9 Å². The van der Waals surface area contributed by atoms with Crippen LogP contribution in [0.3, 0.4) is 0 Å². The van der Waals surface area contributed by atoms with Gasteiger partial charge in [-0.15, -0.1) is 0 Å². The van der Waals surface area contributed by atoms with E-state index in [0.717, 1.165) is 11.7 Å². The first-order valence-electron chi connectivity index (χ1n) is 5.18. The Balaban J connectivity index is 1.95. The SMILES string of the molecule is CN=C1NCC2(CCCCC2)CS1. The summed E-state index contributed by atoms with van der Waals surface area (Å²) in [5.41, 5.74) is 0.608. The van der Waals surface area contributed by atoms with E-state index in [1.807, 2.05) is 18.8 Å². The Hall–Kier alpha value is -0.180. The molecular formula is C10H18N2S. The number of amidine groups is 1. The molecule has 0 radical (unpaired) electrons.